The number of hydrogen-bond acceptors (Lipinski definition) is 3. The lowest BCUT2D eigenvalue weighted by Gasteiger charge is -2.24. The first-order valence-electron chi connectivity index (χ1n) is 9.45. The zero-order valence-electron chi connectivity index (χ0n) is 16.5. The first-order valence-corrected chi connectivity index (χ1v) is 9.83. The molecular weight excluding hydrogens is 400 g/mol. The number of amides is 3. The van der Waals surface area contributed by atoms with E-state index >= 15 is 0 Å². The van der Waals surface area contributed by atoms with Gasteiger partial charge in [0.05, 0.1) is 27.3 Å². The Balaban J connectivity index is 1.58. The lowest BCUT2D eigenvalue weighted by atomic mass is 9.83. The normalized spacial score (nSPS) is 13.4. The number of halogens is 1. The van der Waals surface area contributed by atoms with Crippen molar-refractivity contribution in [2.45, 2.75) is 19.3 Å². The Morgan fingerprint density at radius 2 is 1.43 bits per heavy atom. The summed E-state index contributed by atoms with van der Waals surface area (Å²) in [6.45, 7) is 3.68. The summed E-state index contributed by atoms with van der Waals surface area (Å²) >= 11 is 6.40. The second kappa shape index (κ2) is 7.43. The number of nitrogens with zero attached hydrogens (tertiary/aromatic N) is 1. The molecule has 0 bridgehead atoms. The largest absolute Gasteiger partial charge is 0.325 e. The Labute approximate surface area is 179 Å². The van der Waals surface area contributed by atoms with Gasteiger partial charge in [0, 0.05) is 5.69 Å². The standard InChI is InChI=1S/C24H19ClN2O3/c1-24(2,15-8-4-3-5-9-15)23(30)26-16-12-13-20(19(25)14-16)27-21(28)17-10-6-7-11-18(17)22(27)29/h3-14H,1-2H3,(H,26,30). The Hall–Kier alpha value is -3.44. The van der Waals surface area contributed by atoms with Gasteiger partial charge in [0.25, 0.3) is 11.8 Å². The molecule has 0 saturated heterocycles. The number of benzene rings is 3. The topological polar surface area (TPSA) is 66.5 Å². The van der Waals surface area contributed by atoms with E-state index in [4.69, 9.17) is 11.6 Å². The molecular formula is C24H19ClN2O3. The minimum absolute atomic E-state index is 0.194. The van der Waals surface area contributed by atoms with Gasteiger partial charge in [-0.3, -0.25) is 14.4 Å². The fraction of sp³-hybridized carbons (Fsp3) is 0.125. The highest BCUT2D eigenvalue weighted by Gasteiger charge is 2.37. The molecule has 0 unspecified atom stereocenters. The zero-order valence-corrected chi connectivity index (χ0v) is 17.2. The maximum atomic E-state index is 12.9. The van der Waals surface area contributed by atoms with E-state index in [9.17, 15) is 14.4 Å². The van der Waals surface area contributed by atoms with Gasteiger partial charge in [-0.05, 0) is 49.7 Å². The van der Waals surface area contributed by atoms with E-state index in [0.29, 0.717) is 16.8 Å². The molecule has 5 nitrogen and oxygen atoms in total. The van der Waals surface area contributed by atoms with Crippen LogP contribution in [-0.4, -0.2) is 17.7 Å². The molecule has 1 aliphatic heterocycles. The van der Waals surface area contributed by atoms with Crippen molar-refractivity contribution in [3.05, 3.63) is 94.5 Å². The van der Waals surface area contributed by atoms with Crippen molar-refractivity contribution in [3.8, 4) is 0 Å². The predicted octanol–water partition coefficient (Wildman–Crippen LogP) is 5.06. The molecule has 3 aromatic carbocycles. The summed E-state index contributed by atoms with van der Waals surface area (Å²) in [5.41, 5.74) is 1.59. The quantitative estimate of drug-likeness (QED) is 0.602. The van der Waals surface area contributed by atoms with Crippen LogP contribution < -0.4 is 10.2 Å². The van der Waals surface area contributed by atoms with Crippen LogP contribution in [0.5, 0.6) is 0 Å². The number of carbonyl (C=O) groups is 3. The monoisotopic (exact) mass is 418 g/mol. The summed E-state index contributed by atoms with van der Waals surface area (Å²) in [5.74, 6) is -1.03. The predicted molar refractivity (Wildman–Crippen MR) is 117 cm³/mol. The van der Waals surface area contributed by atoms with E-state index in [2.05, 4.69) is 5.32 Å². The highest BCUT2D eigenvalue weighted by molar-refractivity contribution is 6.40. The summed E-state index contributed by atoms with van der Waals surface area (Å²) in [5, 5.41) is 3.06. The Morgan fingerprint density at radius 1 is 0.867 bits per heavy atom. The van der Waals surface area contributed by atoms with Crippen LogP contribution in [-0.2, 0) is 10.2 Å². The van der Waals surface area contributed by atoms with Crippen LogP contribution in [0.4, 0.5) is 11.4 Å². The van der Waals surface area contributed by atoms with E-state index in [0.717, 1.165) is 10.5 Å². The van der Waals surface area contributed by atoms with Crippen molar-refractivity contribution in [2.75, 3.05) is 10.2 Å². The fourth-order valence-electron chi connectivity index (χ4n) is 3.45. The van der Waals surface area contributed by atoms with E-state index in [1.165, 1.54) is 0 Å². The van der Waals surface area contributed by atoms with Crippen LogP contribution in [0.3, 0.4) is 0 Å². The third-order valence-electron chi connectivity index (χ3n) is 5.30. The summed E-state index contributed by atoms with van der Waals surface area (Å²) in [6.07, 6.45) is 0. The second-order valence-corrected chi connectivity index (χ2v) is 8.01. The molecule has 0 saturated carbocycles. The first-order chi connectivity index (χ1) is 14.3. The molecule has 3 aromatic rings. The summed E-state index contributed by atoms with van der Waals surface area (Å²) in [4.78, 5) is 39.3. The van der Waals surface area contributed by atoms with Crippen LogP contribution in [0.1, 0.15) is 40.1 Å². The molecule has 0 fully saturated rings. The molecule has 0 aromatic heterocycles. The maximum Gasteiger partial charge on any atom is 0.266 e. The smallest absolute Gasteiger partial charge is 0.266 e. The first kappa shape index (κ1) is 19.9. The van der Waals surface area contributed by atoms with Gasteiger partial charge in [0.1, 0.15) is 0 Å². The average molecular weight is 419 g/mol. The van der Waals surface area contributed by atoms with Gasteiger partial charge in [-0.25, -0.2) is 4.90 Å². The van der Waals surface area contributed by atoms with Gasteiger partial charge >= 0.3 is 0 Å². The Bertz CT molecular complexity index is 1140. The van der Waals surface area contributed by atoms with Crippen LogP contribution >= 0.6 is 11.6 Å². The lowest BCUT2D eigenvalue weighted by Crippen LogP contribution is -2.34. The van der Waals surface area contributed by atoms with E-state index in [-0.39, 0.29) is 16.6 Å². The zero-order chi connectivity index (χ0) is 21.5. The summed E-state index contributed by atoms with van der Waals surface area (Å²) < 4.78 is 0. The molecule has 3 amide bonds. The highest BCUT2D eigenvalue weighted by Crippen LogP contribution is 2.35. The number of rotatable bonds is 4. The summed E-state index contributed by atoms with van der Waals surface area (Å²) in [6, 6.07) is 20.9. The maximum absolute atomic E-state index is 12.9. The average Bonchev–Trinajstić information content (AvgIpc) is 2.99. The lowest BCUT2D eigenvalue weighted by molar-refractivity contribution is -0.120. The van der Waals surface area contributed by atoms with Crippen LogP contribution in [0.15, 0.2) is 72.8 Å². The fourth-order valence-corrected chi connectivity index (χ4v) is 3.71. The molecule has 0 aliphatic carbocycles. The molecule has 1 heterocycles. The molecule has 4 rings (SSSR count). The second-order valence-electron chi connectivity index (χ2n) is 7.60. The summed E-state index contributed by atoms with van der Waals surface area (Å²) in [7, 11) is 0. The third kappa shape index (κ3) is 3.27. The minimum atomic E-state index is -0.755. The van der Waals surface area contributed by atoms with Crippen molar-refractivity contribution < 1.29 is 14.4 Å². The number of nitrogens with one attached hydrogen (secondary N) is 1. The van der Waals surface area contributed by atoms with E-state index in [1.807, 2.05) is 44.2 Å². The number of carbonyl (C=O) groups excluding carboxylic acids is 3. The van der Waals surface area contributed by atoms with Crippen LogP contribution in [0.2, 0.25) is 5.02 Å². The van der Waals surface area contributed by atoms with Gasteiger partial charge in [-0.15, -0.1) is 0 Å². The van der Waals surface area contributed by atoms with Gasteiger partial charge in [0.2, 0.25) is 5.91 Å². The highest BCUT2D eigenvalue weighted by atomic mass is 35.5. The SMILES string of the molecule is CC(C)(C(=O)Nc1ccc(N2C(=O)c3ccccc3C2=O)c(Cl)c1)c1ccccc1. The van der Waals surface area contributed by atoms with Gasteiger partial charge in [-0.1, -0.05) is 54.1 Å². The molecule has 30 heavy (non-hydrogen) atoms. The molecule has 0 atom stereocenters. The van der Waals surface area contributed by atoms with Crippen molar-refractivity contribution in [3.63, 3.8) is 0 Å². The van der Waals surface area contributed by atoms with Crippen molar-refractivity contribution in [1.29, 1.82) is 0 Å². The van der Waals surface area contributed by atoms with Crippen LogP contribution in [0, 0.1) is 0 Å². The van der Waals surface area contributed by atoms with E-state index in [1.54, 1.807) is 42.5 Å². The van der Waals surface area contributed by atoms with E-state index < -0.39 is 17.2 Å². The number of fused-ring (bicyclic) bond motifs is 1. The van der Waals surface area contributed by atoms with Crippen molar-refractivity contribution in [1.82, 2.24) is 0 Å². The Kier molecular flexibility index (Phi) is 4.92. The number of hydrogen-bond donors (Lipinski definition) is 1. The number of anilines is 2. The Morgan fingerprint density at radius 3 is 2.00 bits per heavy atom. The van der Waals surface area contributed by atoms with Gasteiger partial charge < -0.3 is 5.32 Å². The molecule has 150 valence electrons. The molecule has 1 N–H and O–H groups in total. The molecule has 0 spiro atoms. The van der Waals surface area contributed by atoms with Crippen molar-refractivity contribution >= 4 is 40.7 Å². The third-order valence-corrected chi connectivity index (χ3v) is 5.61. The van der Waals surface area contributed by atoms with Gasteiger partial charge in [0.15, 0.2) is 0 Å². The van der Waals surface area contributed by atoms with Gasteiger partial charge in [-0.2, -0.15) is 0 Å². The van der Waals surface area contributed by atoms with Crippen molar-refractivity contribution in [2.24, 2.45) is 0 Å². The number of imide groups is 1. The minimum Gasteiger partial charge on any atom is -0.325 e. The molecule has 0 radical (unpaired) electrons. The van der Waals surface area contributed by atoms with Crippen LogP contribution in [0.25, 0.3) is 0 Å². The molecule has 1 aliphatic rings. The molecule has 6 heteroatoms.